The molecule has 9 heavy (non-hydrogen) atoms. The third-order valence-corrected chi connectivity index (χ3v) is 0.407. The quantitative estimate of drug-likeness (QED) is 0.572. The minimum atomic E-state index is -0.833. The van der Waals surface area contributed by atoms with Crippen LogP contribution in [0.1, 0.15) is 26.7 Å². The van der Waals surface area contributed by atoms with Gasteiger partial charge in [0, 0.05) is 13.3 Å². The van der Waals surface area contributed by atoms with Crippen molar-refractivity contribution in [2.45, 2.75) is 26.7 Å². The molecule has 0 saturated carbocycles. The smallest absolute Gasteiger partial charge is 0.300 e. The van der Waals surface area contributed by atoms with E-state index in [1.807, 2.05) is 6.92 Å². The van der Waals surface area contributed by atoms with Crippen LogP contribution in [0.3, 0.4) is 0 Å². The summed E-state index contributed by atoms with van der Waals surface area (Å²) in [5.41, 5.74) is 0. The van der Waals surface area contributed by atoms with E-state index in [0.29, 0.717) is 6.42 Å². The Labute approximate surface area is 54.7 Å². The van der Waals surface area contributed by atoms with Crippen molar-refractivity contribution in [1.82, 2.24) is 0 Å². The van der Waals surface area contributed by atoms with Crippen molar-refractivity contribution in [1.29, 1.82) is 0 Å². The van der Waals surface area contributed by atoms with Gasteiger partial charge in [0.05, 0.1) is 0 Å². The number of aldehydes is 1. The molecular formula is C6H12O3. The van der Waals surface area contributed by atoms with E-state index in [1.54, 1.807) is 0 Å². The van der Waals surface area contributed by atoms with E-state index in [4.69, 9.17) is 9.90 Å². The molecule has 1 N–H and O–H groups in total. The Morgan fingerprint density at radius 3 is 2.00 bits per heavy atom. The van der Waals surface area contributed by atoms with Crippen LogP contribution in [0.5, 0.6) is 0 Å². The number of carbonyl (C=O) groups excluding carboxylic acids is 1. The van der Waals surface area contributed by atoms with Crippen LogP contribution >= 0.6 is 0 Å². The molecule has 0 aliphatic rings. The Kier molecular flexibility index (Phi) is 12.5. The highest BCUT2D eigenvalue weighted by Crippen LogP contribution is 1.74. The van der Waals surface area contributed by atoms with E-state index >= 15 is 0 Å². The van der Waals surface area contributed by atoms with Crippen molar-refractivity contribution in [3.8, 4) is 0 Å². The maximum Gasteiger partial charge on any atom is 0.300 e. The monoisotopic (exact) mass is 132 g/mol. The van der Waals surface area contributed by atoms with Crippen molar-refractivity contribution in [3.63, 3.8) is 0 Å². The summed E-state index contributed by atoms with van der Waals surface area (Å²) < 4.78 is 0. The number of unbranched alkanes of at least 4 members (excludes halogenated alkanes) is 1. The number of aliphatic carboxylic acids is 1. The van der Waals surface area contributed by atoms with Crippen molar-refractivity contribution in [2.75, 3.05) is 0 Å². The van der Waals surface area contributed by atoms with Gasteiger partial charge in [-0.3, -0.25) is 4.79 Å². The van der Waals surface area contributed by atoms with Crippen molar-refractivity contribution >= 4 is 12.3 Å². The molecule has 0 aromatic heterocycles. The van der Waals surface area contributed by atoms with Crippen LogP contribution in [-0.4, -0.2) is 17.4 Å². The molecule has 0 aromatic carbocycles. The van der Waals surface area contributed by atoms with Crippen LogP contribution < -0.4 is 0 Å². The Morgan fingerprint density at radius 1 is 1.67 bits per heavy atom. The molecule has 3 heteroatoms. The largest absolute Gasteiger partial charge is 0.481 e. The molecule has 0 radical (unpaired) electrons. The number of carboxylic acid groups (broad SMARTS) is 1. The topological polar surface area (TPSA) is 54.4 Å². The number of hydrogen-bond acceptors (Lipinski definition) is 2. The average molecular weight is 132 g/mol. The van der Waals surface area contributed by atoms with Crippen molar-refractivity contribution in [3.05, 3.63) is 0 Å². The Bertz CT molecular complexity index is 74.4. The minimum absolute atomic E-state index is 0.708. The molecule has 0 aromatic rings. The molecule has 3 nitrogen and oxygen atoms in total. The molecule has 0 atom stereocenters. The predicted octanol–water partition coefficient (Wildman–Crippen LogP) is 1.08. The van der Waals surface area contributed by atoms with Crippen molar-refractivity contribution in [2.24, 2.45) is 0 Å². The fourth-order valence-corrected chi connectivity index (χ4v) is 0.118. The summed E-state index contributed by atoms with van der Waals surface area (Å²) in [5.74, 6) is -0.833. The third-order valence-electron chi connectivity index (χ3n) is 0.407. The summed E-state index contributed by atoms with van der Waals surface area (Å²) in [7, 11) is 0. The van der Waals surface area contributed by atoms with E-state index in [1.165, 1.54) is 0 Å². The molecule has 0 spiro atoms. The van der Waals surface area contributed by atoms with Crippen LogP contribution in [0.2, 0.25) is 0 Å². The molecule has 0 aliphatic carbocycles. The lowest BCUT2D eigenvalue weighted by molar-refractivity contribution is -0.134. The standard InChI is InChI=1S/C4H8O.C2H4O2/c1-2-3-4-5;1-2(3)4/h4H,2-3H2,1H3;1H3,(H,3,4). The SMILES string of the molecule is CC(=O)O.CCCC=O. The highest BCUT2D eigenvalue weighted by molar-refractivity contribution is 5.62. The van der Waals surface area contributed by atoms with Gasteiger partial charge in [0.15, 0.2) is 0 Å². The number of carboxylic acids is 1. The fraction of sp³-hybridized carbons (Fsp3) is 0.667. The maximum atomic E-state index is 9.40. The summed E-state index contributed by atoms with van der Waals surface area (Å²) in [4.78, 5) is 18.4. The first kappa shape index (κ1) is 11.0. The maximum absolute atomic E-state index is 9.40. The fourth-order valence-electron chi connectivity index (χ4n) is 0.118. The van der Waals surface area contributed by atoms with E-state index < -0.39 is 5.97 Å². The molecule has 0 heterocycles. The molecule has 0 rings (SSSR count). The highest BCUT2D eigenvalue weighted by Gasteiger charge is 1.66. The van der Waals surface area contributed by atoms with Crippen LogP contribution in [0.25, 0.3) is 0 Å². The summed E-state index contributed by atoms with van der Waals surface area (Å²) in [6, 6.07) is 0. The van der Waals surface area contributed by atoms with Gasteiger partial charge in [-0.05, 0) is 6.42 Å². The van der Waals surface area contributed by atoms with Gasteiger partial charge in [-0.2, -0.15) is 0 Å². The summed E-state index contributed by atoms with van der Waals surface area (Å²) in [6.45, 7) is 3.06. The lowest BCUT2D eigenvalue weighted by atomic mass is 10.4. The van der Waals surface area contributed by atoms with Crippen LogP contribution in [0.15, 0.2) is 0 Å². The molecule has 0 amide bonds. The van der Waals surface area contributed by atoms with Gasteiger partial charge in [0.1, 0.15) is 6.29 Å². The third kappa shape index (κ3) is 145. The first-order chi connectivity index (χ1) is 4.15. The second kappa shape index (κ2) is 10.2. The first-order valence-electron chi connectivity index (χ1n) is 2.78. The number of hydrogen-bond donors (Lipinski definition) is 1. The normalized spacial score (nSPS) is 6.89. The lowest BCUT2D eigenvalue weighted by Gasteiger charge is -1.68. The van der Waals surface area contributed by atoms with Crippen LogP contribution in [-0.2, 0) is 9.59 Å². The van der Waals surface area contributed by atoms with Crippen LogP contribution in [0, 0.1) is 0 Å². The average Bonchev–Trinajstić information content (AvgIpc) is 1.66. The van der Waals surface area contributed by atoms with Gasteiger partial charge in [0.2, 0.25) is 0 Å². The highest BCUT2D eigenvalue weighted by atomic mass is 16.4. The zero-order chi connectivity index (χ0) is 7.70. The Hall–Kier alpha value is -0.860. The molecule has 0 saturated heterocycles. The zero-order valence-corrected chi connectivity index (χ0v) is 5.76. The lowest BCUT2D eigenvalue weighted by Crippen LogP contribution is -1.78. The number of carbonyl (C=O) groups is 2. The van der Waals surface area contributed by atoms with E-state index in [2.05, 4.69) is 0 Å². The molecular weight excluding hydrogens is 120 g/mol. The summed E-state index contributed by atoms with van der Waals surface area (Å²) in [6.07, 6.45) is 2.61. The van der Waals surface area contributed by atoms with Gasteiger partial charge in [-0.1, -0.05) is 6.92 Å². The second-order valence-corrected chi connectivity index (χ2v) is 1.47. The van der Waals surface area contributed by atoms with Gasteiger partial charge >= 0.3 is 0 Å². The Morgan fingerprint density at radius 2 is 2.00 bits per heavy atom. The zero-order valence-electron chi connectivity index (χ0n) is 5.76. The predicted molar refractivity (Wildman–Crippen MR) is 34.3 cm³/mol. The van der Waals surface area contributed by atoms with Gasteiger partial charge in [-0.15, -0.1) is 0 Å². The van der Waals surface area contributed by atoms with Crippen molar-refractivity contribution < 1.29 is 14.7 Å². The molecule has 54 valence electrons. The molecule has 0 aliphatic heterocycles. The van der Waals surface area contributed by atoms with Crippen LogP contribution in [0.4, 0.5) is 0 Å². The summed E-state index contributed by atoms with van der Waals surface area (Å²) in [5, 5.41) is 7.42. The van der Waals surface area contributed by atoms with Gasteiger partial charge in [0.25, 0.3) is 5.97 Å². The first-order valence-corrected chi connectivity index (χ1v) is 2.78. The molecule has 0 fully saturated rings. The minimum Gasteiger partial charge on any atom is -0.481 e. The van der Waals surface area contributed by atoms with E-state index in [9.17, 15) is 4.79 Å². The van der Waals surface area contributed by atoms with E-state index in [0.717, 1.165) is 19.6 Å². The van der Waals surface area contributed by atoms with Gasteiger partial charge < -0.3 is 9.90 Å². The molecule has 0 bridgehead atoms. The van der Waals surface area contributed by atoms with Gasteiger partial charge in [-0.25, -0.2) is 0 Å². The number of rotatable bonds is 2. The second-order valence-electron chi connectivity index (χ2n) is 1.47. The van der Waals surface area contributed by atoms with E-state index in [-0.39, 0.29) is 0 Å². The summed E-state index contributed by atoms with van der Waals surface area (Å²) >= 11 is 0. The Balaban J connectivity index is 0. The molecule has 0 unspecified atom stereocenters.